The van der Waals surface area contributed by atoms with Gasteiger partial charge in [-0.2, -0.15) is 4.79 Å². The number of Topliss-reactive ketones (excluding diaryl/α,β-unsaturated/α-hetero) is 1. The van der Waals surface area contributed by atoms with E-state index in [9.17, 15) is 43.5 Å². The van der Waals surface area contributed by atoms with Crippen molar-refractivity contribution in [3.8, 4) is 23.0 Å². The van der Waals surface area contributed by atoms with E-state index in [4.69, 9.17) is 43.4 Å². The Morgan fingerprint density at radius 2 is 1.06 bits per heavy atom. The number of ketones is 1. The first-order valence-corrected chi connectivity index (χ1v) is 26.0. The minimum atomic E-state index is -1.50. The molecule has 4 aromatic rings. The number of nitrogens with one attached hydrogen (secondary N) is 2. The summed E-state index contributed by atoms with van der Waals surface area (Å²) in [4.78, 5) is 116. The van der Waals surface area contributed by atoms with Gasteiger partial charge in [-0.1, -0.05) is 12.2 Å². The molecule has 2 saturated carbocycles. The number of hydrogen-bond acceptors (Lipinski definition) is 19. The summed E-state index contributed by atoms with van der Waals surface area (Å²) in [5.41, 5.74) is 4.95. The number of likely N-dealkylation sites (tertiary alicyclic amines) is 2. The molecular formula is C57H65N8NaO17. The molecule has 2 saturated heterocycles. The summed E-state index contributed by atoms with van der Waals surface area (Å²) in [7, 11) is 5.43. The summed E-state index contributed by atoms with van der Waals surface area (Å²) in [6.07, 6.45) is 1.72. The topological polar surface area (TPSA) is 326 Å². The van der Waals surface area contributed by atoms with Crippen LogP contribution in [0, 0.1) is 11.8 Å². The van der Waals surface area contributed by atoms with Crippen LogP contribution in [0.1, 0.15) is 88.2 Å². The molecule has 83 heavy (non-hydrogen) atoms. The van der Waals surface area contributed by atoms with Gasteiger partial charge in [-0.15, -0.1) is 13.2 Å². The fourth-order valence-electron chi connectivity index (χ4n) is 9.79. The number of esters is 2. The van der Waals surface area contributed by atoms with Crippen LogP contribution in [-0.2, 0) is 38.1 Å². The first-order valence-electron chi connectivity index (χ1n) is 26.0. The first kappa shape index (κ1) is 64.1. The van der Waals surface area contributed by atoms with E-state index in [0.717, 1.165) is 0 Å². The molecule has 8 rings (SSSR count). The summed E-state index contributed by atoms with van der Waals surface area (Å²) in [5.74, 6) is -3.73. The second-order valence-electron chi connectivity index (χ2n) is 21.9. The average Bonchev–Trinajstić information content (AvgIpc) is 4.36. The minimum Gasteiger partial charge on any atom is -0.543 e. The molecule has 25 nitrogen and oxygen atoms in total. The molecule has 436 valence electrons. The van der Waals surface area contributed by atoms with E-state index in [1.54, 1.807) is 90.1 Å². The molecule has 0 radical (unpaired) electrons. The van der Waals surface area contributed by atoms with Crippen LogP contribution in [0.15, 0.2) is 73.8 Å². The molecule has 4 amide bonds. The van der Waals surface area contributed by atoms with Gasteiger partial charge in [0, 0.05) is 59.7 Å². The smallest absolute Gasteiger partial charge is 0.543 e. The maximum absolute atomic E-state index is 13.6. The van der Waals surface area contributed by atoms with E-state index in [0.29, 0.717) is 52.4 Å². The Morgan fingerprint density at radius 3 is 1.40 bits per heavy atom. The zero-order chi connectivity index (χ0) is 60.2. The zero-order valence-electron chi connectivity index (χ0n) is 48.1. The van der Waals surface area contributed by atoms with Crippen LogP contribution in [0.3, 0.4) is 0 Å². The molecule has 0 spiro atoms. The average molecular weight is 1160 g/mol. The molecule has 2 aliphatic carbocycles. The molecule has 2 aromatic heterocycles. The van der Waals surface area contributed by atoms with E-state index in [1.807, 2.05) is 0 Å². The van der Waals surface area contributed by atoms with Crippen LogP contribution < -0.4 is 64.2 Å². The van der Waals surface area contributed by atoms with Gasteiger partial charge in [0.1, 0.15) is 75.3 Å². The number of pyridine rings is 2. The molecule has 26 heteroatoms. The van der Waals surface area contributed by atoms with E-state index < -0.39 is 94.3 Å². The Hall–Kier alpha value is -8.12. The van der Waals surface area contributed by atoms with Crippen molar-refractivity contribution in [3.05, 3.63) is 90.8 Å². The molecule has 4 aliphatic rings. The third-order valence-corrected chi connectivity index (χ3v) is 14.0. The van der Waals surface area contributed by atoms with Gasteiger partial charge in [0.2, 0.25) is 11.8 Å². The van der Waals surface area contributed by atoms with Gasteiger partial charge >= 0.3 is 59.9 Å². The summed E-state index contributed by atoms with van der Waals surface area (Å²) >= 11 is 0. The number of benzene rings is 2. The first-order chi connectivity index (χ1) is 38.7. The molecule has 2 aromatic carbocycles. The number of carbonyl (C=O) groups excluding carboxylic acids is 8. The second kappa shape index (κ2) is 25.6. The van der Waals surface area contributed by atoms with Gasteiger partial charge < -0.3 is 64.0 Å². The number of nitrogens with zero attached hydrogens (tertiary/aromatic N) is 6. The van der Waals surface area contributed by atoms with Crippen LogP contribution in [0.4, 0.5) is 9.59 Å². The number of fused-ring (bicyclic) bond motifs is 2. The van der Waals surface area contributed by atoms with Gasteiger partial charge in [0.25, 0.3) is 5.78 Å². The van der Waals surface area contributed by atoms with Gasteiger partial charge in [-0.05, 0) is 78.6 Å². The summed E-state index contributed by atoms with van der Waals surface area (Å²) < 4.78 is 43.9. The van der Waals surface area contributed by atoms with Crippen molar-refractivity contribution in [1.82, 2.24) is 30.4 Å². The molecule has 4 fully saturated rings. The van der Waals surface area contributed by atoms with Crippen molar-refractivity contribution in [3.63, 3.8) is 0 Å². The molecular weight excluding hydrogens is 1090 g/mol. The van der Waals surface area contributed by atoms with Crippen molar-refractivity contribution in [2.75, 3.05) is 41.5 Å². The van der Waals surface area contributed by atoms with Gasteiger partial charge in [-0.25, -0.2) is 29.1 Å². The number of carboxylic acid groups (broad SMARTS) is 1. The van der Waals surface area contributed by atoms with Gasteiger partial charge in [0.05, 0.1) is 64.2 Å². The molecule has 4 heterocycles. The van der Waals surface area contributed by atoms with Gasteiger partial charge in [-0.3, -0.25) is 24.2 Å². The fourth-order valence-corrected chi connectivity index (χ4v) is 9.79. The maximum atomic E-state index is 13.6. The Bertz CT molecular complexity index is 3300. The second-order valence-corrected chi connectivity index (χ2v) is 21.9. The fraction of sp³-hybridized carbons (Fsp3) is 0.456. The van der Waals surface area contributed by atoms with E-state index in [2.05, 4.69) is 38.5 Å². The minimum absolute atomic E-state index is 0. The maximum Gasteiger partial charge on any atom is 1.00 e. The molecule has 8 atom stereocenters. The number of methoxy groups -OCH3 is 4. The Balaban J connectivity index is 0.000000264. The van der Waals surface area contributed by atoms with E-state index >= 15 is 0 Å². The third kappa shape index (κ3) is 14.4. The molecule has 2 aliphatic heterocycles. The summed E-state index contributed by atoms with van der Waals surface area (Å²) in [6, 6.07) is 10.5. The van der Waals surface area contributed by atoms with Crippen molar-refractivity contribution >= 4 is 75.7 Å². The quantitative estimate of drug-likeness (QED) is 0.0220. The Labute approximate surface area is 500 Å². The van der Waals surface area contributed by atoms with Crippen LogP contribution in [-0.4, -0.2) is 167 Å². The SMILES string of the molecule is C=C[C@@H]1C[C@]1(NC(=O)[C@@H]1C[C@@H](Oc2cc(C(=O)C=[N+]=[N-])nc3cc(OC)ccc23)CN1C(=O)OC(C)(C)C)C(=O)OC.C=C[C@@H]1C[C@]1(NC(=O)[C@@H]1C[C@@H](Oc2cc(C(=O)[O-])nc3cc(OC)ccc23)CN1C(=O)OC(C)(C)C)C(=O)OC.[Na+]. The molecule has 0 unspecified atom stereocenters. The number of hydrogen-bond donors (Lipinski definition) is 2. The van der Waals surface area contributed by atoms with Crippen molar-refractivity contribution in [1.29, 1.82) is 0 Å². The van der Waals surface area contributed by atoms with Crippen molar-refractivity contribution in [2.45, 2.75) is 114 Å². The van der Waals surface area contributed by atoms with Crippen LogP contribution in [0.2, 0.25) is 0 Å². The number of amides is 4. The zero-order valence-corrected chi connectivity index (χ0v) is 50.1. The largest absolute Gasteiger partial charge is 1.00 e. The third-order valence-electron chi connectivity index (χ3n) is 14.0. The van der Waals surface area contributed by atoms with Crippen LogP contribution in [0.5, 0.6) is 23.0 Å². The van der Waals surface area contributed by atoms with Crippen molar-refractivity contribution in [2.24, 2.45) is 11.8 Å². The molecule has 2 N–H and O–H groups in total. The number of aromatic nitrogens is 2. The monoisotopic (exact) mass is 1160 g/mol. The number of ether oxygens (including phenoxy) is 8. The number of carbonyl (C=O) groups is 8. The standard InChI is InChI=1S/C29H33N5O8.C28H33N3O9.Na/c1-7-16-13-29(16,26(37)40-6)33-25(36)22-11-18(15-34(22)27(38)42-28(2,3)4)41-24-12-21(23(35)14-31-30)32-20-10-17(39-5)8-9-19(20)24;1-7-15-13-28(15,25(35)38-6)30-23(32)21-11-17(14-31(21)26(36)40-27(2,3)4)39-22-12-20(24(33)34)29-19-10-16(37-5)8-9-18(19)22;/h7-10,12,14,16,18,22H,1,11,13,15H2,2-6H3,(H,33,36);7-10,12,15,17,21H,1,11,13-14H2,2-6H3,(H,30,32)(H,33,34);/q;;+1/p-1/t16-,18-,22+,29-;15-,17-,21+,28-;/m11./s1. The summed E-state index contributed by atoms with van der Waals surface area (Å²) in [5, 5.41) is 18.2. The van der Waals surface area contributed by atoms with Crippen LogP contribution in [0.25, 0.3) is 27.3 Å². The number of aromatic carboxylic acids is 1. The summed E-state index contributed by atoms with van der Waals surface area (Å²) in [6.45, 7) is 17.6. The predicted molar refractivity (Wildman–Crippen MR) is 289 cm³/mol. The van der Waals surface area contributed by atoms with E-state index in [-0.39, 0.29) is 90.2 Å². The number of rotatable bonds is 17. The van der Waals surface area contributed by atoms with E-state index in [1.165, 1.54) is 50.4 Å². The normalized spacial score (nSPS) is 23.0. The predicted octanol–water partition coefficient (Wildman–Crippen LogP) is 1.32. The number of carboxylic acids is 1. The molecule has 0 bridgehead atoms. The van der Waals surface area contributed by atoms with Crippen LogP contribution >= 0.6 is 0 Å². The van der Waals surface area contributed by atoms with Crippen molar-refractivity contribution < 1.29 is 116 Å². The van der Waals surface area contributed by atoms with Gasteiger partial charge in [0.15, 0.2) is 0 Å². The Morgan fingerprint density at radius 1 is 0.663 bits per heavy atom. The Kier molecular flexibility index (Phi) is 19.7.